The van der Waals surface area contributed by atoms with Crippen molar-refractivity contribution in [1.29, 1.82) is 0 Å². The molecule has 0 spiro atoms. The topological polar surface area (TPSA) is 111 Å². The van der Waals surface area contributed by atoms with E-state index < -0.39 is 11.9 Å². The van der Waals surface area contributed by atoms with Crippen LogP contribution in [0.25, 0.3) is 6.08 Å². The minimum atomic E-state index is -0.592. The highest BCUT2D eigenvalue weighted by Gasteiger charge is 2.24. The van der Waals surface area contributed by atoms with Crippen molar-refractivity contribution < 1.29 is 19.1 Å². The quantitative estimate of drug-likeness (QED) is 0.624. The molecule has 0 saturated carbocycles. The number of amidine groups is 1. The van der Waals surface area contributed by atoms with Crippen LogP contribution in [-0.2, 0) is 9.53 Å². The first-order chi connectivity index (χ1) is 13.0. The van der Waals surface area contributed by atoms with Crippen LogP contribution in [-0.4, -0.2) is 30.1 Å². The van der Waals surface area contributed by atoms with Crippen molar-refractivity contribution in [1.82, 2.24) is 5.32 Å². The van der Waals surface area contributed by atoms with E-state index in [-0.39, 0.29) is 11.5 Å². The molecule has 0 unspecified atom stereocenters. The molecule has 0 atom stereocenters. The first kappa shape index (κ1) is 18.4. The molecule has 3 rings (SSSR count). The molecule has 136 valence electrons. The number of nitrogens with two attached hydrogens (primary N) is 1. The Kier molecular flexibility index (Phi) is 5.37. The Balaban J connectivity index is 1.82. The van der Waals surface area contributed by atoms with E-state index in [1.165, 1.54) is 7.11 Å². The fourth-order valence-electron chi connectivity index (χ4n) is 2.35. The summed E-state index contributed by atoms with van der Waals surface area (Å²) in [6.07, 6.45) is 1.68. The molecular formula is C19H15N3O4S. The second-order valence-electron chi connectivity index (χ2n) is 5.48. The number of carbonyl (C=O) groups excluding carboxylic acids is 3. The van der Waals surface area contributed by atoms with E-state index in [0.717, 1.165) is 17.3 Å². The van der Waals surface area contributed by atoms with Crippen LogP contribution < -0.4 is 11.1 Å². The van der Waals surface area contributed by atoms with Gasteiger partial charge in [-0.3, -0.25) is 9.59 Å². The number of para-hydroxylation sites is 1. The van der Waals surface area contributed by atoms with Crippen molar-refractivity contribution in [3.05, 3.63) is 70.1 Å². The fraction of sp³-hybridized carbons (Fsp3) is 0.0526. The first-order valence-electron chi connectivity index (χ1n) is 7.84. The van der Waals surface area contributed by atoms with Gasteiger partial charge in [0.2, 0.25) is 0 Å². The number of nitrogens with zero attached hydrogens (tertiary/aromatic N) is 1. The number of methoxy groups -OCH3 is 1. The van der Waals surface area contributed by atoms with Crippen LogP contribution in [0.4, 0.5) is 5.69 Å². The number of ether oxygens (including phenoxy) is 1. The highest BCUT2D eigenvalue weighted by Crippen LogP contribution is 2.29. The van der Waals surface area contributed by atoms with Gasteiger partial charge in [-0.25, -0.2) is 9.79 Å². The van der Waals surface area contributed by atoms with Gasteiger partial charge in [-0.05, 0) is 47.7 Å². The summed E-state index contributed by atoms with van der Waals surface area (Å²) in [7, 11) is 1.31. The Morgan fingerprint density at radius 1 is 1.15 bits per heavy atom. The molecule has 1 heterocycles. The number of nitrogens with one attached hydrogen (secondary N) is 1. The van der Waals surface area contributed by atoms with E-state index in [1.54, 1.807) is 54.6 Å². The summed E-state index contributed by atoms with van der Waals surface area (Å²) in [5.74, 6) is -1.32. The number of hydrogen-bond donors (Lipinski definition) is 2. The van der Waals surface area contributed by atoms with Crippen molar-refractivity contribution in [2.24, 2.45) is 10.7 Å². The number of rotatable bonds is 4. The third-order valence-electron chi connectivity index (χ3n) is 3.67. The normalized spacial score (nSPS) is 16.4. The lowest BCUT2D eigenvalue weighted by atomic mass is 10.1. The van der Waals surface area contributed by atoms with Crippen molar-refractivity contribution in [2.75, 3.05) is 7.11 Å². The molecule has 0 aliphatic carbocycles. The lowest BCUT2D eigenvalue weighted by molar-refractivity contribution is -0.115. The first-order valence-corrected chi connectivity index (χ1v) is 8.66. The molecular weight excluding hydrogens is 366 g/mol. The van der Waals surface area contributed by atoms with E-state index in [1.807, 2.05) is 0 Å². The van der Waals surface area contributed by atoms with Gasteiger partial charge in [0, 0.05) is 0 Å². The molecule has 7 nitrogen and oxygen atoms in total. The maximum absolute atomic E-state index is 12.2. The predicted molar refractivity (Wildman–Crippen MR) is 104 cm³/mol. The van der Waals surface area contributed by atoms with Gasteiger partial charge in [-0.15, -0.1) is 0 Å². The Morgan fingerprint density at radius 3 is 2.52 bits per heavy atom. The van der Waals surface area contributed by atoms with Crippen LogP contribution in [0.15, 0.2) is 58.4 Å². The summed E-state index contributed by atoms with van der Waals surface area (Å²) < 4.78 is 4.65. The van der Waals surface area contributed by atoms with Crippen molar-refractivity contribution in [3.8, 4) is 0 Å². The molecule has 27 heavy (non-hydrogen) atoms. The van der Waals surface area contributed by atoms with Crippen molar-refractivity contribution in [3.63, 3.8) is 0 Å². The minimum absolute atomic E-state index is 0.274. The Morgan fingerprint density at radius 2 is 1.85 bits per heavy atom. The number of esters is 1. The highest BCUT2D eigenvalue weighted by atomic mass is 32.2. The van der Waals surface area contributed by atoms with E-state index in [0.29, 0.717) is 21.3 Å². The average Bonchev–Trinajstić information content (AvgIpc) is 3.01. The van der Waals surface area contributed by atoms with Gasteiger partial charge in [0.05, 0.1) is 28.8 Å². The zero-order chi connectivity index (χ0) is 19.4. The molecule has 2 aromatic rings. The fourth-order valence-corrected chi connectivity index (χ4v) is 3.19. The van der Waals surface area contributed by atoms with Gasteiger partial charge in [-0.1, -0.05) is 24.3 Å². The number of hydrogen-bond acceptors (Lipinski definition) is 6. The number of carbonyl (C=O) groups is 3. The zero-order valence-electron chi connectivity index (χ0n) is 14.3. The van der Waals surface area contributed by atoms with E-state index >= 15 is 0 Å². The van der Waals surface area contributed by atoms with Crippen molar-refractivity contribution >= 4 is 46.5 Å². The van der Waals surface area contributed by atoms with E-state index in [4.69, 9.17) is 5.73 Å². The Bertz CT molecular complexity index is 981. The van der Waals surface area contributed by atoms with Crippen molar-refractivity contribution in [2.45, 2.75) is 0 Å². The summed E-state index contributed by atoms with van der Waals surface area (Å²) in [4.78, 5) is 39.9. The number of amides is 2. The number of benzene rings is 2. The van der Waals surface area contributed by atoms with Crippen LogP contribution in [0, 0.1) is 0 Å². The predicted octanol–water partition coefficient (Wildman–Crippen LogP) is 2.46. The summed E-state index contributed by atoms with van der Waals surface area (Å²) in [6.45, 7) is 0. The smallest absolute Gasteiger partial charge is 0.337 e. The molecule has 8 heteroatoms. The monoisotopic (exact) mass is 381 g/mol. The largest absolute Gasteiger partial charge is 0.465 e. The number of primary amides is 1. The average molecular weight is 381 g/mol. The Hall–Kier alpha value is -3.39. The summed E-state index contributed by atoms with van der Waals surface area (Å²) in [5.41, 5.74) is 7.18. The SMILES string of the molecule is COC(=O)c1ccc(/C=C2\SC(=Nc3ccccc3C(N)=O)NC2=O)cc1. The summed E-state index contributed by atoms with van der Waals surface area (Å²) in [6, 6.07) is 13.3. The third-order valence-corrected chi connectivity index (χ3v) is 4.58. The maximum atomic E-state index is 12.2. The van der Waals surface area contributed by atoms with Gasteiger partial charge < -0.3 is 15.8 Å². The summed E-state index contributed by atoms with van der Waals surface area (Å²) >= 11 is 1.15. The van der Waals surface area contributed by atoms with Gasteiger partial charge in [0.25, 0.3) is 11.8 Å². The molecule has 2 aromatic carbocycles. The van der Waals surface area contributed by atoms with Gasteiger partial charge in [0.1, 0.15) is 0 Å². The van der Waals surface area contributed by atoms with Gasteiger partial charge >= 0.3 is 5.97 Å². The molecule has 0 aromatic heterocycles. The van der Waals surface area contributed by atoms with E-state index in [9.17, 15) is 14.4 Å². The molecule has 1 aliphatic heterocycles. The van der Waals surface area contributed by atoms with E-state index in [2.05, 4.69) is 15.0 Å². The zero-order valence-corrected chi connectivity index (χ0v) is 15.1. The molecule has 1 fully saturated rings. The molecule has 0 bridgehead atoms. The van der Waals surface area contributed by atoms with Crippen LogP contribution >= 0.6 is 11.8 Å². The molecule has 3 N–H and O–H groups in total. The Labute approximate surface area is 159 Å². The molecule has 0 radical (unpaired) electrons. The van der Waals surface area contributed by atoms with Gasteiger partial charge in [-0.2, -0.15) is 0 Å². The van der Waals surface area contributed by atoms with Crippen LogP contribution in [0.3, 0.4) is 0 Å². The second-order valence-corrected chi connectivity index (χ2v) is 6.51. The highest BCUT2D eigenvalue weighted by molar-refractivity contribution is 8.18. The standard InChI is InChI=1S/C19H15N3O4S/c1-26-18(25)12-8-6-11(7-9-12)10-15-17(24)22-19(27-15)21-14-5-3-2-4-13(14)16(20)23/h2-10H,1H3,(H2,20,23)(H,21,22,24)/b15-10-. The molecule has 1 aliphatic rings. The van der Waals surface area contributed by atoms with Crippen LogP contribution in [0.5, 0.6) is 0 Å². The minimum Gasteiger partial charge on any atom is -0.465 e. The van der Waals surface area contributed by atoms with Crippen LogP contribution in [0.1, 0.15) is 26.3 Å². The van der Waals surface area contributed by atoms with Crippen LogP contribution in [0.2, 0.25) is 0 Å². The number of thioether (sulfide) groups is 1. The van der Waals surface area contributed by atoms with Gasteiger partial charge in [0.15, 0.2) is 5.17 Å². The summed E-state index contributed by atoms with van der Waals surface area (Å²) in [5, 5.41) is 3.01. The third kappa shape index (κ3) is 4.24. The maximum Gasteiger partial charge on any atom is 0.337 e. The lowest BCUT2D eigenvalue weighted by Gasteiger charge is -2.01. The molecule has 2 amide bonds. The molecule has 1 saturated heterocycles. The second kappa shape index (κ2) is 7.88. The lowest BCUT2D eigenvalue weighted by Crippen LogP contribution is -2.19. The number of aliphatic imine (C=N–C) groups is 1.